The average molecular weight is 322 g/mol. The summed E-state index contributed by atoms with van der Waals surface area (Å²) < 4.78 is 0. The lowest BCUT2D eigenvalue weighted by Crippen LogP contribution is -2.42. The molecule has 1 aliphatic rings. The van der Waals surface area contributed by atoms with Gasteiger partial charge in [-0.2, -0.15) is 0 Å². The summed E-state index contributed by atoms with van der Waals surface area (Å²) in [6.07, 6.45) is 8.99. The normalized spacial score (nSPS) is 20.9. The topological polar surface area (TPSA) is 12.0 Å². The van der Waals surface area contributed by atoms with Crippen molar-refractivity contribution in [2.24, 2.45) is 0 Å². The van der Waals surface area contributed by atoms with E-state index < -0.39 is 0 Å². The van der Waals surface area contributed by atoms with Gasteiger partial charge in [0, 0.05) is 12.1 Å². The van der Waals surface area contributed by atoms with Gasteiger partial charge in [0.1, 0.15) is 0 Å². The third-order valence-corrected chi connectivity index (χ3v) is 5.38. The Bertz CT molecular complexity index is 556. The Morgan fingerprint density at radius 3 is 1.54 bits per heavy atom. The predicted octanol–water partition coefficient (Wildman–Crippen LogP) is 5.38. The van der Waals surface area contributed by atoms with Gasteiger partial charge in [0.25, 0.3) is 0 Å². The average Bonchev–Trinajstić information content (AvgIpc) is 2.61. The lowest BCUT2D eigenvalue weighted by atomic mass is 9.91. The van der Waals surface area contributed by atoms with Crippen LogP contribution in [-0.2, 0) is 12.8 Å². The fraction of sp³-hybridized carbons (Fsp3) is 0.478. The first-order valence-electron chi connectivity index (χ1n) is 9.56. The minimum absolute atomic E-state index is 0.697. The van der Waals surface area contributed by atoms with Crippen molar-refractivity contribution in [1.82, 2.24) is 5.32 Å². The van der Waals surface area contributed by atoms with Crippen molar-refractivity contribution in [2.45, 2.75) is 70.9 Å². The number of hydrogen-bond donors (Lipinski definition) is 1. The van der Waals surface area contributed by atoms with Gasteiger partial charge in [-0.1, -0.05) is 66.1 Å². The van der Waals surface area contributed by atoms with E-state index >= 15 is 0 Å². The molecular formula is C23H31N. The van der Waals surface area contributed by atoms with Crippen LogP contribution in [0.4, 0.5) is 0 Å². The van der Waals surface area contributed by atoms with E-state index in [1.165, 1.54) is 67.2 Å². The largest absolute Gasteiger partial charge is 0.311 e. The molecular weight excluding hydrogens is 290 g/mol. The third kappa shape index (κ3) is 5.21. The van der Waals surface area contributed by atoms with Gasteiger partial charge in [0.05, 0.1) is 0 Å². The Balaban J connectivity index is 1.43. The standard InChI is InChI=1S/C23H31N/c1-18-6-10-20(11-7-18)14-16-22-4-3-5-23(24-22)17-15-21-12-8-19(2)9-13-21/h6-13,22-24H,3-5,14-17H2,1-2H3/t22-,23+. The lowest BCUT2D eigenvalue weighted by molar-refractivity contribution is 0.297. The number of aryl methyl sites for hydroxylation is 4. The molecule has 1 nitrogen and oxygen atoms in total. The molecule has 0 radical (unpaired) electrons. The highest BCUT2D eigenvalue weighted by molar-refractivity contribution is 5.22. The first-order chi connectivity index (χ1) is 11.7. The molecule has 2 atom stereocenters. The minimum atomic E-state index is 0.697. The first-order valence-corrected chi connectivity index (χ1v) is 9.56. The monoisotopic (exact) mass is 321 g/mol. The molecule has 0 bridgehead atoms. The minimum Gasteiger partial charge on any atom is -0.311 e. The van der Waals surface area contributed by atoms with Crippen LogP contribution < -0.4 is 5.32 Å². The number of benzene rings is 2. The van der Waals surface area contributed by atoms with E-state index in [4.69, 9.17) is 0 Å². The summed E-state index contributed by atoms with van der Waals surface area (Å²) in [6.45, 7) is 4.32. The second-order valence-electron chi connectivity index (χ2n) is 7.54. The van der Waals surface area contributed by atoms with Gasteiger partial charge in [0.2, 0.25) is 0 Å². The molecule has 0 saturated carbocycles. The van der Waals surface area contributed by atoms with Crippen LogP contribution in [-0.4, -0.2) is 12.1 Å². The zero-order valence-electron chi connectivity index (χ0n) is 15.2. The van der Waals surface area contributed by atoms with E-state index in [0.717, 1.165) is 0 Å². The van der Waals surface area contributed by atoms with Gasteiger partial charge in [-0.3, -0.25) is 0 Å². The molecule has 0 aromatic heterocycles. The molecule has 0 spiro atoms. The Morgan fingerprint density at radius 1 is 0.708 bits per heavy atom. The summed E-state index contributed by atoms with van der Waals surface area (Å²) in [4.78, 5) is 0. The maximum absolute atomic E-state index is 3.92. The van der Waals surface area contributed by atoms with E-state index in [2.05, 4.69) is 67.7 Å². The number of hydrogen-bond acceptors (Lipinski definition) is 1. The maximum atomic E-state index is 3.92. The maximum Gasteiger partial charge on any atom is 0.00728 e. The van der Waals surface area contributed by atoms with Gasteiger partial charge in [-0.15, -0.1) is 0 Å². The predicted molar refractivity (Wildman–Crippen MR) is 104 cm³/mol. The van der Waals surface area contributed by atoms with Crippen LogP contribution in [0.5, 0.6) is 0 Å². The molecule has 0 amide bonds. The van der Waals surface area contributed by atoms with Crippen molar-refractivity contribution in [2.75, 3.05) is 0 Å². The molecule has 1 saturated heterocycles. The number of nitrogens with one attached hydrogen (secondary N) is 1. The molecule has 1 N–H and O–H groups in total. The smallest absolute Gasteiger partial charge is 0.00728 e. The Kier molecular flexibility index (Phi) is 6.09. The summed E-state index contributed by atoms with van der Waals surface area (Å²) in [6, 6.07) is 19.5. The van der Waals surface area contributed by atoms with E-state index in [1.807, 2.05) is 0 Å². The molecule has 2 aromatic carbocycles. The number of rotatable bonds is 6. The van der Waals surface area contributed by atoms with Crippen LogP contribution in [0.25, 0.3) is 0 Å². The van der Waals surface area contributed by atoms with E-state index in [1.54, 1.807) is 0 Å². The molecule has 1 heteroatoms. The summed E-state index contributed by atoms with van der Waals surface area (Å²) in [5.41, 5.74) is 5.66. The van der Waals surface area contributed by atoms with E-state index in [-0.39, 0.29) is 0 Å². The van der Waals surface area contributed by atoms with Crippen LogP contribution in [0.1, 0.15) is 54.4 Å². The Labute approximate surface area is 147 Å². The molecule has 3 rings (SSSR count). The second kappa shape index (κ2) is 8.48. The van der Waals surface area contributed by atoms with E-state index in [9.17, 15) is 0 Å². The zero-order valence-corrected chi connectivity index (χ0v) is 15.2. The van der Waals surface area contributed by atoms with Gasteiger partial charge in [-0.05, 0) is 63.5 Å². The van der Waals surface area contributed by atoms with Crippen molar-refractivity contribution in [3.8, 4) is 0 Å². The Morgan fingerprint density at radius 2 is 1.12 bits per heavy atom. The third-order valence-electron chi connectivity index (χ3n) is 5.38. The Hall–Kier alpha value is -1.60. The van der Waals surface area contributed by atoms with Crippen LogP contribution in [0, 0.1) is 13.8 Å². The molecule has 1 fully saturated rings. The number of piperidine rings is 1. The molecule has 1 heterocycles. The SMILES string of the molecule is Cc1ccc(CC[C@H]2CCC[C@@H](CCc3ccc(C)cc3)N2)cc1. The molecule has 2 aromatic rings. The molecule has 24 heavy (non-hydrogen) atoms. The van der Waals surface area contributed by atoms with Gasteiger partial charge in [-0.25, -0.2) is 0 Å². The summed E-state index contributed by atoms with van der Waals surface area (Å²) >= 11 is 0. The fourth-order valence-corrected chi connectivity index (χ4v) is 3.76. The summed E-state index contributed by atoms with van der Waals surface area (Å²) in [7, 11) is 0. The van der Waals surface area contributed by atoms with Gasteiger partial charge < -0.3 is 5.32 Å². The summed E-state index contributed by atoms with van der Waals surface area (Å²) in [5.74, 6) is 0. The van der Waals surface area contributed by atoms with Crippen LogP contribution in [0.3, 0.4) is 0 Å². The van der Waals surface area contributed by atoms with Crippen molar-refractivity contribution >= 4 is 0 Å². The first kappa shape index (κ1) is 17.2. The highest BCUT2D eigenvalue weighted by atomic mass is 15.0. The van der Waals surface area contributed by atoms with Crippen molar-refractivity contribution in [3.63, 3.8) is 0 Å². The summed E-state index contributed by atoms with van der Waals surface area (Å²) in [5, 5.41) is 3.92. The highest BCUT2D eigenvalue weighted by Crippen LogP contribution is 2.20. The van der Waals surface area contributed by atoms with Gasteiger partial charge in [0.15, 0.2) is 0 Å². The second-order valence-corrected chi connectivity index (χ2v) is 7.54. The molecule has 1 aliphatic heterocycles. The zero-order chi connectivity index (χ0) is 16.8. The molecule has 0 unspecified atom stereocenters. The van der Waals surface area contributed by atoms with Crippen LogP contribution in [0.2, 0.25) is 0 Å². The van der Waals surface area contributed by atoms with Gasteiger partial charge >= 0.3 is 0 Å². The van der Waals surface area contributed by atoms with E-state index in [0.29, 0.717) is 12.1 Å². The molecule has 128 valence electrons. The van der Waals surface area contributed by atoms with Crippen LogP contribution >= 0.6 is 0 Å². The molecule has 0 aliphatic carbocycles. The highest BCUT2D eigenvalue weighted by Gasteiger charge is 2.20. The lowest BCUT2D eigenvalue weighted by Gasteiger charge is -2.31. The quantitative estimate of drug-likeness (QED) is 0.753. The fourth-order valence-electron chi connectivity index (χ4n) is 3.76. The van der Waals surface area contributed by atoms with Crippen molar-refractivity contribution in [3.05, 3.63) is 70.8 Å². The van der Waals surface area contributed by atoms with Crippen LogP contribution in [0.15, 0.2) is 48.5 Å². The van der Waals surface area contributed by atoms with Crippen molar-refractivity contribution in [1.29, 1.82) is 0 Å². The van der Waals surface area contributed by atoms with Crippen molar-refractivity contribution < 1.29 is 0 Å².